The predicted octanol–water partition coefficient (Wildman–Crippen LogP) is 3.80. The summed E-state index contributed by atoms with van der Waals surface area (Å²) in [7, 11) is 0. The number of para-hydroxylation sites is 1. The summed E-state index contributed by atoms with van der Waals surface area (Å²) in [4.78, 5) is 27.3. The number of ether oxygens (including phenoxy) is 1. The number of carbonyl (C=O) groups excluding carboxylic acids is 2. The molecule has 1 heterocycles. The van der Waals surface area contributed by atoms with Crippen molar-refractivity contribution in [1.82, 2.24) is 4.98 Å². The van der Waals surface area contributed by atoms with Crippen LogP contribution in [0.5, 0.6) is 5.75 Å². The van der Waals surface area contributed by atoms with Gasteiger partial charge in [-0.25, -0.2) is 4.98 Å². The van der Waals surface area contributed by atoms with E-state index in [0.717, 1.165) is 11.4 Å². The van der Waals surface area contributed by atoms with E-state index in [0.29, 0.717) is 17.3 Å². The summed E-state index contributed by atoms with van der Waals surface area (Å²) in [5, 5.41) is 8.59. The molecular weight excluding hydrogens is 356 g/mol. The lowest BCUT2D eigenvalue weighted by molar-refractivity contribution is -0.118. The van der Waals surface area contributed by atoms with E-state index < -0.39 is 0 Å². The third-order valence-electron chi connectivity index (χ3n) is 3.64. The summed E-state index contributed by atoms with van der Waals surface area (Å²) in [6.45, 7) is 1.38. The van der Waals surface area contributed by atoms with Gasteiger partial charge in [-0.1, -0.05) is 18.2 Å². The second-order valence-electron chi connectivity index (χ2n) is 5.97. The number of hydrogen-bond donors (Lipinski definition) is 3. The van der Waals surface area contributed by atoms with E-state index in [1.165, 1.54) is 6.92 Å². The van der Waals surface area contributed by atoms with Gasteiger partial charge in [-0.05, 0) is 48.5 Å². The first kappa shape index (κ1) is 18.9. The molecule has 0 unspecified atom stereocenters. The van der Waals surface area contributed by atoms with Gasteiger partial charge in [0.25, 0.3) is 5.91 Å². The molecule has 7 heteroatoms. The molecule has 0 aliphatic carbocycles. The van der Waals surface area contributed by atoms with Gasteiger partial charge in [0.1, 0.15) is 11.6 Å². The SMILES string of the molecule is CC(=O)Nc1ccc(Nc2ccc(NC(=O)COc3ccccc3)cn2)cc1. The van der Waals surface area contributed by atoms with Crippen LogP contribution in [0, 0.1) is 0 Å². The van der Waals surface area contributed by atoms with Gasteiger partial charge < -0.3 is 20.7 Å². The van der Waals surface area contributed by atoms with Gasteiger partial charge in [-0.15, -0.1) is 0 Å². The van der Waals surface area contributed by atoms with Crippen molar-refractivity contribution < 1.29 is 14.3 Å². The van der Waals surface area contributed by atoms with Gasteiger partial charge in [0.2, 0.25) is 5.91 Å². The van der Waals surface area contributed by atoms with Crippen LogP contribution in [0.15, 0.2) is 72.9 Å². The monoisotopic (exact) mass is 376 g/mol. The van der Waals surface area contributed by atoms with Crippen molar-refractivity contribution in [3.63, 3.8) is 0 Å². The molecule has 28 heavy (non-hydrogen) atoms. The molecule has 1 aromatic heterocycles. The first-order valence-corrected chi connectivity index (χ1v) is 8.67. The molecule has 3 rings (SSSR count). The molecule has 2 amide bonds. The van der Waals surface area contributed by atoms with Crippen molar-refractivity contribution in [2.24, 2.45) is 0 Å². The maximum absolute atomic E-state index is 12.0. The first-order chi connectivity index (χ1) is 13.6. The maximum atomic E-state index is 12.0. The lowest BCUT2D eigenvalue weighted by Crippen LogP contribution is -2.20. The van der Waals surface area contributed by atoms with Crippen LogP contribution < -0.4 is 20.7 Å². The number of carbonyl (C=O) groups is 2. The van der Waals surface area contributed by atoms with E-state index in [4.69, 9.17) is 4.74 Å². The molecule has 0 aliphatic rings. The fourth-order valence-corrected chi connectivity index (χ4v) is 2.39. The molecule has 0 atom stereocenters. The van der Waals surface area contributed by atoms with Gasteiger partial charge >= 0.3 is 0 Å². The zero-order valence-electron chi connectivity index (χ0n) is 15.3. The smallest absolute Gasteiger partial charge is 0.262 e. The Balaban J connectivity index is 1.50. The van der Waals surface area contributed by atoms with Crippen LogP contribution in [-0.4, -0.2) is 23.4 Å². The van der Waals surface area contributed by atoms with Gasteiger partial charge in [-0.3, -0.25) is 9.59 Å². The molecule has 0 saturated carbocycles. The highest BCUT2D eigenvalue weighted by Crippen LogP contribution is 2.18. The van der Waals surface area contributed by atoms with Crippen LogP contribution in [0.4, 0.5) is 22.9 Å². The van der Waals surface area contributed by atoms with Crippen LogP contribution in [-0.2, 0) is 9.59 Å². The normalized spacial score (nSPS) is 10.0. The zero-order valence-corrected chi connectivity index (χ0v) is 15.3. The van der Waals surface area contributed by atoms with Crippen molar-refractivity contribution in [3.8, 4) is 5.75 Å². The van der Waals surface area contributed by atoms with Gasteiger partial charge in [0, 0.05) is 18.3 Å². The Bertz CT molecular complexity index is 926. The van der Waals surface area contributed by atoms with Crippen LogP contribution in [0.25, 0.3) is 0 Å². The molecule has 0 saturated heterocycles. The summed E-state index contributed by atoms with van der Waals surface area (Å²) >= 11 is 0. The summed E-state index contributed by atoms with van der Waals surface area (Å²) in [6.07, 6.45) is 1.56. The molecule has 0 spiro atoms. The number of anilines is 4. The summed E-state index contributed by atoms with van der Waals surface area (Å²) in [5.41, 5.74) is 2.13. The Kier molecular flexibility index (Phi) is 6.20. The highest BCUT2D eigenvalue weighted by Gasteiger charge is 2.05. The summed E-state index contributed by atoms with van der Waals surface area (Å²) in [5.74, 6) is 0.889. The number of rotatable bonds is 7. The largest absolute Gasteiger partial charge is 0.484 e. The molecule has 2 aromatic carbocycles. The minimum atomic E-state index is -0.264. The highest BCUT2D eigenvalue weighted by atomic mass is 16.5. The number of aromatic nitrogens is 1. The average molecular weight is 376 g/mol. The van der Waals surface area contributed by atoms with Gasteiger partial charge in [-0.2, -0.15) is 0 Å². The predicted molar refractivity (Wildman–Crippen MR) is 109 cm³/mol. The third kappa shape index (κ3) is 5.84. The maximum Gasteiger partial charge on any atom is 0.262 e. The Labute approximate surface area is 162 Å². The summed E-state index contributed by atoms with van der Waals surface area (Å²) in [6, 6.07) is 19.9. The molecule has 3 N–H and O–H groups in total. The molecule has 7 nitrogen and oxygen atoms in total. The van der Waals surface area contributed by atoms with Crippen LogP contribution >= 0.6 is 0 Å². The second-order valence-corrected chi connectivity index (χ2v) is 5.97. The molecule has 0 bridgehead atoms. The van der Waals surface area contributed by atoms with Crippen molar-refractivity contribution in [1.29, 1.82) is 0 Å². The van der Waals surface area contributed by atoms with E-state index in [1.54, 1.807) is 42.6 Å². The van der Waals surface area contributed by atoms with E-state index >= 15 is 0 Å². The van der Waals surface area contributed by atoms with Crippen molar-refractivity contribution in [2.75, 3.05) is 22.6 Å². The highest BCUT2D eigenvalue weighted by molar-refractivity contribution is 5.92. The van der Waals surface area contributed by atoms with Crippen LogP contribution in [0.3, 0.4) is 0 Å². The topological polar surface area (TPSA) is 92.4 Å². The Morgan fingerprint density at radius 1 is 0.857 bits per heavy atom. The minimum Gasteiger partial charge on any atom is -0.484 e. The lowest BCUT2D eigenvalue weighted by Gasteiger charge is -2.09. The minimum absolute atomic E-state index is 0.0787. The fraction of sp³-hybridized carbons (Fsp3) is 0.0952. The number of benzene rings is 2. The number of hydrogen-bond acceptors (Lipinski definition) is 5. The molecular formula is C21H20N4O3. The van der Waals surface area contributed by atoms with E-state index in [-0.39, 0.29) is 18.4 Å². The zero-order chi connectivity index (χ0) is 19.8. The quantitative estimate of drug-likeness (QED) is 0.583. The van der Waals surface area contributed by atoms with Crippen LogP contribution in [0.1, 0.15) is 6.92 Å². The molecule has 0 aliphatic heterocycles. The fourth-order valence-electron chi connectivity index (χ4n) is 2.39. The number of pyridine rings is 1. The molecule has 0 radical (unpaired) electrons. The number of amides is 2. The van der Waals surface area contributed by atoms with E-state index in [9.17, 15) is 9.59 Å². The van der Waals surface area contributed by atoms with E-state index in [2.05, 4.69) is 20.9 Å². The summed E-state index contributed by atoms with van der Waals surface area (Å²) < 4.78 is 5.41. The van der Waals surface area contributed by atoms with E-state index in [1.807, 2.05) is 30.3 Å². The second kappa shape index (κ2) is 9.18. The molecule has 3 aromatic rings. The van der Waals surface area contributed by atoms with Crippen LogP contribution in [0.2, 0.25) is 0 Å². The Morgan fingerprint density at radius 3 is 2.18 bits per heavy atom. The Hall–Kier alpha value is -3.87. The molecule has 0 fully saturated rings. The standard InChI is InChI=1S/C21H20N4O3/c1-15(26)23-16-7-9-17(10-8-16)24-20-12-11-18(13-22-20)25-21(27)14-28-19-5-3-2-4-6-19/h2-13H,14H2,1H3,(H,22,24)(H,23,26)(H,25,27). The van der Waals surface area contributed by atoms with Gasteiger partial charge in [0.15, 0.2) is 6.61 Å². The molecule has 142 valence electrons. The van der Waals surface area contributed by atoms with Gasteiger partial charge in [0.05, 0.1) is 11.9 Å². The van der Waals surface area contributed by atoms with Crippen molar-refractivity contribution in [3.05, 3.63) is 72.9 Å². The number of nitrogens with one attached hydrogen (secondary N) is 3. The lowest BCUT2D eigenvalue weighted by atomic mass is 10.2. The number of nitrogens with zero attached hydrogens (tertiary/aromatic N) is 1. The average Bonchev–Trinajstić information content (AvgIpc) is 2.70. The third-order valence-corrected chi connectivity index (χ3v) is 3.64. The first-order valence-electron chi connectivity index (χ1n) is 8.67. The van der Waals surface area contributed by atoms with Crippen molar-refractivity contribution in [2.45, 2.75) is 6.92 Å². The van der Waals surface area contributed by atoms with Crippen molar-refractivity contribution >= 4 is 34.7 Å². The Morgan fingerprint density at radius 2 is 1.54 bits per heavy atom.